The molecule has 0 spiro atoms. The van der Waals surface area contributed by atoms with Crippen molar-refractivity contribution < 1.29 is 0 Å². The molecule has 6 heavy (non-hydrogen) atoms. The lowest BCUT2D eigenvalue weighted by Crippen LogP contribution is -1.85. The topological polar surface area (TPSA) is 0 Å². The van der Waals surface area contributed by atoms with E-state index in [9.17, 15) is 0 Å². The van der Waals surface area contributed by atoms with Gasteiger partial charge >= 0.3 is 7.42 Å². The summed E-state index contributed by atoms with van der Waals surface area (Å²) >= 11 is 10.9. The van der Waals surface area contributed by atoms with Crippen LogP contribution in [-0.4, -0.2) is 7.42 Å². The van der Waals surface area contributed by atoms with Crippen LogP contribution in [0.5, 0.6) is 0 Å². The molecule has 0 unspecified atom stereocenters. The first kappa shape index (κ1) is 4.69. The molecule has 0 heterocycles. The Bertz CT molecular complexity index is 86.8. The zero-order chi connectivity index (χ0) is 4.57. The highest BCUT2D eigenvalue weighted by Crippen LogP contribution is 2.25. The highest BCUT2D eigenvalue weighted by atomic mass is 35.7. The molecule has 1 rings (SSSR count). The van der Waals surface area contributed by atoms with Gasteiger partial charge in [0.2, 0.25) is 0 Å². The zero-order valence-corrected chi connectivity index (χ0v) is 5.55. The second kappa shape index (κ2) is 1.56. The summed E-state index contributed by atoms with van der Waals surface area (Å²) in [5.41, 5.74) is 0. The predicted octanol–water partition coefficient (Wildman–Crippen LogP) is 1.82. The van der Waals surface area contributed by atoms with E-state index in [4.69, 9.17) is 22.2 Å². The van der Waals surface area contributed by atoms with Crippen LogP contribution in [0.4, 0.5) is 0 Å². The second-order valence-corrected chi connectivity index (χ2v) is 5.21. The molecule has 0 aromatic carbocycles. The average Bonchev–Trinajstić information content (AvgIpc) is 2.06. The van der Waals surface area contributed by atoms with Gasteiger partial charge in [-0.15, -0.1) is 22.2 Å². The van der Waals surface area contributed by atoms with Gasteiger partial charge in [0.1, 0.15) is 0 Å². The van der Waals surface area contributed by atoms with E-state index in [-0.39, 0.29) is 0 Å². The van der Waals surface area contributed by atoms with Crippen LogP contribution in [0.15, 0.2) is 11.3 Å². The molecule has 1 aliphatic rings. The van der Waals surface area contributed by atoms with E-state index in [1.165, 1.54) is 5.20 Å². The van der Waals surface area contributed by atoms with Crippen molar-refractivity contribution in [2.24, 2.45) is 0 Å². The maximum atomic E-state index is 5.47. The number of hydrogen-bond donors (Lipinski definition) is 0. The largest absolute Gasteiger partial charge is 0.303 e. The van der Waals surface area contributed by atoms with Crippen molar-refractivity contribution in [3.8, 4) is 0 Å². The highest BCUT2D eigenvalue weighted by molar-refractivity contribution is 7.37. The SMILES string of the molecule is Cl[Si](Cl)C1=CC1. The van der Waals surface area contributed by atoms with Crippen LogP contribution in [0.2, 0.25) is 0 Å². The molecule has 0 bridgehead atoms. The molecule has 0 nitrogen and oxygen atoms in total. The second-order valence-electron chi connectivity index (χ2n) is 1.19. The summed E-state index contributed by atoms with van der Waals surface area (Å²) in [6.07, 6.45) is 3.13. The van der Waals surface area contributed by atoms with E-state index >= 15 is 0 Å². The van der Waals surface area contributed by atoms with Gasteiger partial charge in [0, 0.05) is 0 Å². The maximum absolute atomic E-state index is 5.47. The molecule has 1 radical (unpaired) electrons. The Hall–Kier alpha value is 0.537. The van der Waals surface area contributed by atoms with Crippen LogP contribution in [0.25, 0.3) is 0 Å². The average molecular weight is 138 g/mol. The number of allylic oxidation sites excluding steroid dienone is 2. The molecule has 1 aliphatic carbocycles. The molecule has 0 saturated carbocycles. The lowest BCUT2D eigenvalue weighted by molar-refractivity contribution is 1.67. The smallest absolute Gasteiger partial charge is 0.140 e. The minimum absolute atomic E-state index is 1.03. The summed E-state index contributed by atoms with van der Waals surface area (Å²) in [6, 6.07) is 0. The van der Waals surface area contributed by atoms with Crippen molar-refractivity contribution in [3.63, 3.8) is 0 Å². The Morgan fingerprint density at radius 3 is 2.17 bits per heavy atom. The third kappa shape index (κ3) is 0.999. The molecule has 0 fully saturated rings. The van der Waals surface area contributed by atoms with Crippen molar-refractivity contribution in [1.29, 1.82) is 0 Å². The molecule has 0 amide bonds. The van der Waals surface area contributed by atoms with Crippen molar-refractivity contribution in [2.75, 3.05) is 0 Å². The van der Waals surface area contributed by atoms with E-state index in [1.54, 1.807) is 0 Å². The molecular weight excluding hydrogens is 135 g/mol. The lowest BCUT2D eigenvalue weighted by atomic mass is 10.9. The molecule has 0 atom stereocenters. The third-order valence-corrected chi connectivity index (χ3v) is 3.00. The fourth-order valence-corrected chi connectivity index (χ4v) is 1.54. The molecule has 3 heteroatoms. The summed E-state index contributed by atoms with van der Waals surface area (Å²) in [4.78, 5) is 0. The Morgan fingerprint density at radius 1 is 1.67 bits per heavy atom. The number of halogens is 2. The van der Waals surface area contributed by atoms with Crippen LogP contribution in [0.1, 0.15) is 6.42 Å². The summed E-state index contributed by atoms with van der Waals surface area (Å²) in [5, 5.41) is 1.27. The third-order valence-electron chi connectivity index (χ3n) is 0.651. The van der Waals surface area contributed by atoms with Crippen LogP contribution < -0.4 is 0 Å². The fourth-order valence-electron chi connectivity index (χ4n) is 0.205. The van der Waals surface area contributed by atoms with E-state index in [0.29, 0.717) is 0 Å². The maximum Gasteiger partial charge on any atom is 0.303 e. The van der Waals surface area contributed by atoms with Gasteiger partial charge in [0.05, 0.1) is 0 Å². The first-order valence-corrected chi connectivity index (χ1v) is 5.20. The minimum Gasteiger partial charge on any atom is -0.140 e. The monoisotopic (exact) mass is 137 g/mol. The lowest BCUT2D eigenvalue weighted by Gasteiger charge is -1.78. The minimum atomic E-state index is -1.03. The van der Waals surface area contributed by atoms with Gasteiger partial charge in [-0.2, -0.15) is 0 Å². The van der Waals surface area contributed by atoms with Gasteiger partial charge in [-0.25, -0.2) is 0 Å². The van der Waals surface area contributed by atoms with Crippen molar-refractivity contribution in [2.45, 2.75) is 6.42 Å². The fraction of sp³-hybridized carbons (Fsp3) is 0.333. The van der Waals surface area contributed by atoms with Crippen LogP contribution in [0.3, 0.4) is 0 Å². The Morgan fingerprint density at radius 2 is 2.17 bits per heavy atom. The van der Waals surface area contributed by atoms with Gasteiger partial charge in [0.15, 0.2) is 0 Å². The first-order valence-electron chi connectivity index (χ1n) is 1.68. The molecule has 33 valence electrons. The van der Waals surface area contributed by atoms with Gasteiger partial charge in [-0.05, 0) is 6.42 Å². The highest BCUT2D eigenvalue weighted by Gasteiger charge is 2.17. The Balaban J connectivity index is 2.31. The van der Waals surface area contributed by atoms with Crippen molar-refractivity contribution >= 4 is 29.6 Å². The molecule has 0 aliphatic heterocycles. The quantitative estimate of drug-likeness (QED) is 0.383. The molecule has 0 N–H and O–H groups in total. The number of hydrogen-bond acceptors (Lipinski definition) is 0. The summed E-state index contributed by atoms with van der Waals surface area (Å²) < 4.78 is 0. The predicted molar refractivity (Wildman–Crippen MR) is 30.2 cm³/mol. The van der Waals surface area contributed by atoms with Gasteiger partial charge in [-0.1, -0.05) is 11.3 Å². The normalized spacial score (nSPS) is 18.2. The Kier molecular flexibility index (Phi) is 1.22. The van der Waals surface area contributed by atoms with Crippen LogP contribution >= 0.6 is 22.2 Å². The van der Waals surface area contributed by atoms with Crippen molar-refractivity contribution in [3.05, 3.63) is 11.3 Å². The van der Waals surface area contributed by atoms with E-state index in [1.807, 2.05) is 0 Å². The number of rotatable bonds is 1. The first-order chi connectivity index (χ1) is 2.80. The summed E-state index contributed by atoms with van der Waals surface area (Å²) in [5.74, 6) is 0. The summed E-state index contributed by atoms with van der Waals surface area (Å²) in [7, 11) is -1.03. The molecular formula is C3H3Cl2Si. The standard InChI is InChI=1S/C3H3Cl2Si/c4-6(5)3-1-2-3/h1H,2H2. The zero-order valence-electron chi connectivity index (χ0n) is 3.04. The van der Waals surface area contributed by atoms with E-state index in [2.05, 4.69) is 6.08 Å². The van der Waals surface area contributed by atoms with Gasteiger partial charge in [0.25, 0.3) is 0 Å². The van der Waals surface area contributed by atoms with Gasteiger partial charge < -0.3 is 0 Å². The molecule has 0 aromatic rings. The Labute approximate surface area is 47.8 Å². The van der Waals surface area contributed by atoms with Gasteiger partial charge in [-0.3, -0.25) is 0 Å². The van der Waals surface area contributed by atoms with E-state index < -0.39 is 7.42 Å². The van der Waals surface area contributed by atoms with Crippen LogP contribution in [-0.2, 0) is 0 Å². The van der Waals surface area contributed by atoms with Crippen LogP contribution in [0, 0.1) is 0 Å². The molecule has 0 saturated heterocycles. The summed E-state index contributed by atoms with van der Waals surface area (Å²) in [6.45, 7) is 0. The molecule has 0 aromatic heterocycles. The van der Waals surface area contributed by atoms with Crippen molar-refractivity contribution in [1.82, 2.24) is 0 Å². The van der Waals surface area contributed by atoms with E-state index in [0.717, 1.165) is 6.42 Å².